The molecule has 8 nitrogen and oxygen atoms in total. The first-order valence-electron chi connectivity index (χ1n) is 9.14. The summed E-state index contributed by atoms with van der Waals surface area (Å²) in [6.07, 6.45) is 0.713. The predicted octanol–water partition coefficient (Wildman–Crippen LogP) is 4.12. The van der Waals surface area contributed by atoms with Crippen LogP contribution in [0.2, 0.25) is 0 Å². The van der Waals surface area contributed by atoms with Gasteiger partial charge in [0, 0.05) is 11.8 Å². The van der Waals surface area contributed by atoms with Crippen molar-refractivity contribution in [3.8, 4) is 5.75 Å². The third kappa shape index (κ3) is 5.41. The molecule has 0 aliphatic heterocycles. The number of nitrogens with zero attached hydrogens (tertiary/aromatic N) is 1. The summed E-state index contributed by atoms with van der Waals surface area (Å²) in [7, 11) is 0. The van der Waals surface area contributed by atoms with Crippen molar-refractivity contribution in [2.75, 3.05) is 17.2 Å². The number of benzene rings is 2. The molecule has 0 saturated heterocycles. The molecule has 0 radical (unpaired) electrons. The number of pyridine rings is 1. The summed E-state index contributed by atoms with van der Waals surface area (Å²) < 4.78 is 9.67. The summed E-state index contributed by atoms with van der Waals surface area (Å²) in [4.78, 5) is 40.3. The number of hydrogen-bond donors (Lipinski definition) is 2. The molecular weight excluding hydrogens is 386 g/mol. The van der Waals surface area contributed by atoms with E-state index < -0.39 is 18.0 Å². The van der Waals surface area contributed by atoms with Crippen LogP contribution in [-0.2, 0) is 4.74 Å². The van der Waals surface area contributed by atoms with Gasteiger partial charge in [0.15, 0.2) is 0 Å². The maximum Gasteiger partial charge on any atom is 0.513 e. The van der Waals surface area contributed by atoms with E-state index in [-0.39, 0.29) is 18.1 Å². The van der Waals surface area contributed by atoms with Crippen molar-refractivity contribution in [2.24, 2.45) is 0 Å². The molecule has 0 bridgehead atoms. The fourth-order valence-electron chi connectivity index (χ4n) is 2.50. The van der Waals surface area contributed by atoms with E-state index in [4.69, 9.17) is 9.47 Å². The van der Waals surface area contributed by atoms with Gasteiger partial charge in [-0.25, -0.2) is 4.79 Å². The highest BCUT2D eigenvalue weighted by atomic mass is 16.7. The minimum atomic E-state index is -0.813. The van der Waals surface area contributed by atoms with Crippen molar-refractivity contribution in [3.05, 3.63) is 84.2 Å². The summed E-state index contributed by atoms with van der Waals surface area (Å²) in [5.41, 5.74) is 1.47. The van der Waals surface area contributed by atoms with Gasteiger partial charge in [-0.1, -0.05) is 18.2 Å². The van der Waals surface area contributed by atoms with Gasteiger partial charge in [-0.05, 0) is 55.5 Å². The van der Waals surface area contributed by atoms with Crippen molar-refractivity contribution < 1.29 is 23.9 Å². The number of ether oxygens (including phenoxy) is 2. The quantitative estimate of drug-likeness (QED) is 0.472. The lowest BCUT2D eigenvalue weighted by atomic mass is 10.2. The monoisotopic (exact) mass is 405 g/mol. The van der Waals surface area contributed by atoms with Gasteiger partial charge in [0.25, 0.3) is 11.8 Å². The van der Waals surface area contributed by atoms with E-state index in [1.165, 1.54) is 30.5 Å². The number of rotatable bonds is 6. The average Bonchev–Trinajstić information content (AvgIpc) is 2.76. The van der Waals surface area contributed by atoms with Crippen LogP contribution in [0.5, 0.6) is 5.75 Å². The highest BCUT2D eigenvalue weighted by molar-refractivity contribution is 6.09. The number of amides is 2. The Bertz CT molecular complexity index is 1040. The van der Waals surface area contributed by atoms with E-state index in [1.807, 2.05) is 0 Å². The first-order valence-corrected chi connectivity index (χ1v) is 9.14. The molecule has 0 fully saturated rings. The van der Waals surface area contributed by atoms with E-state index in [2.05, 4.69) is 15.6 Å². The van der Waals surface area contributed by atoms with Gasteiger partial charge in [0.2, 0.25) is 0 Å². The molecule has 3 rings (SSSR count). The largest absolute Gasteiger partial charge is 0.513 e. The van der Waals surface area contributed by atoms with Crippen molar-refractivity contribution >= 4 is 29.3 Å². The molecule has 0 unspecified atom stereocenters. The second kappa shape index (κ2) is 9.83. The number of carbonyl (C=O) groups excluding carboxylic acids is 3. The standard InChI is InChI=1S/C22H19N3O5/c1-2-29-22(28)30-16-12-10-15(11-13-16)20(26)24-17-7-3-4-8-18(17)25-21(27)19-9-5-6-14-23-19/h3-14H,2H2,1H3,(H,24,26)(H,25,27). The lowest BCUT2D eigenvalue weighted by Crippen LogP contribution is -2.17. The highest BCUT2D eigenvalue weighted by Gasteiger charge is 2.13. The third-order valence-corrected chi connectivity index (χ3v) is 3.90. The van der Waals surface area contributed by atoms with Gasteiger partial charge in [-0.15, -0.1) is 0 Å². The van der Waals surface area contributed by atoms with Crippen LogP contribution in [0.4, 0.5) is 16.2 Å². The SMILES string of the molecule is CCOC(=O)Oc1ccc(C(=O)Nc2ccccc2NC(=O)c2ccccn2)cc1. The van der Waals surface area contributed by atoms with Gasteiger partial charge < -0.3 is 20.1 Å². The summed E-state index contributed by atoms with van der Waals surface area (Å²) in [5, 5.41) is 5.50. The Morgan fingerprint density at radius 3 is 2.07 bits per heavy atom. The van der Waals surface area contributed by atoms with Crippen LogP contribution < -0.4 is 15.4 Å². The minimum absolute atomic E-state index is 0.204. The van der Waals surface area contributed by atoms with Crippen molar-refractivity contribution in [2.45, 2.75) is 6.92 Å². The first-order chi connectivity index (χ1) is 14.6. The van der Waals surface area contributed by atoms with Crippen LogP contribution in [0.1, 0.15) is 27.8 Å². The number of anilines is 2. The topological polar surface area (TPSA) is 107 Å². The fraction of sp³-hybridized carbons (Fsp3) is 0.0909. The molecule has 0 saturated carbocycles. The van der Waals surface area contributed by atoms with Crippen LogP contribution >= 0.6 is 0 Å². The molecule has 2 N–H and O–H groups in total. The molecule has 3 aromatic rings. The number of nitrogens with one attached hydrogen (secondary N) is 2. The van der Waals surface area contributed by atoms with Crippen molar-refractivity contribution in [1.29, 1.82) is 0 Å². The number of carbonyl (C=O) groups is 3. The number of para-hydroxylation sites is 2. The smallest absolute Gasteiger partial charge is 0.434 e. The van der Waals surface area contributed by atoms with E-state index >= 15 is 0 Å². The van der Waals surface area contributed by atoms with Gasteiger partial charge in [-0.2, -0.15) is 0 Å². The van der Waals surface area contributed by atoms with Crippen molar-refractivity contribution in [3.63, 3.8) is 0 Å². The maximum absolute atomic E-state index is 12.6. The molecule has 2 aromatic carbocycles. The lowest BCUT2D eigenvalue weighted by Gasteiger charge is -2.12. The zero-order valence-electron chi connectivity index (χ0n) is 16.1. The van der Waals surface area contributed by atoms with Crippen LogP contribution in [0.25, 0.3) is 0 Å². The molecule has 1 heterocycles. The Kier molecular flexibility index (Phi) is 6.73. The Morgan fingerprint density at radius 2 is 1.47 bits per heavy atom. The highest BCUT2D eigenvalue weighted by Crippen LogP contribution is 2.23. The summed E-state index contributed by atoms with van der Waals surface area (Å²) in [6, 6.07) is 17.8. The predicted molar refractivity (Wildman–Crippen MR) is 111 cm³/mol. The van der Waals surface area contributed by atoms with Gasteiger partial charge in [-0.3, -0.25) is 14.6 Å². The second-order valence-corrected chi connectivity index (χ2v) is 5.98. The minimum Gasteiger partial charge on any atom is -0.434 e. The molecule has 0 aliphatic carbocycles. The Balaban J connectivity index is 1.68. The van der Waals surface area contributed by atoms with Crippen LogP contribution in [0.3, 0.4) is 0 Å². The zero-order chi connectivity index (χ0) is 21.3. The van der Waals surface area contributed by atoms with Crippen molar-refractivity contribution in [1.82, 2.24) is 4.98 Å². The van der Waals surface area contributed by atoms with Gasteiger partial charge in [0.05, 0.1) is 18.0 Å². The van der Waals surface area contributed by atoms with Gasteiger partial charge >= 0.3 is 6.16 Å². The summed E-state index contributed by atoms with van der Waals surface area (Å²) in [5.74, 6) is -0.525. The molecule has 0 aliphatic rings. The molecular formula is C22H19N3O5. The molecule has 1 aromatic heterocycles. The average molecular weight is 405 g/mol. The Labute approximate surface area is 172 Å². The molecule has 152 valence electrons. The molecule has 0 atom stereocenters. The van der Waals surface area contributed by atoms with Crippen LogP contribution in [0, 0.1) is 0 Å². The third-order valence-electron chi connectivity index (χ3n) is 3.90. The van der Waals surface area contributed by atoms with E-state index in [9.17, 15) is 14.4 Å². The number of hydrogen-bond acceptors (Lipinski definition) is 6. The number of aromatic nitrogens is 1. The van der Waals surface area contributed by atoms with Crippen LogP contribution in [0.15, 0.2) is 72.9 Å². The second-order valence-electron chi connectivity index (χ2n) is 5.98. The first kappa shape index (κ1) is 20.5. The summed E-state index contributed by atoms with van der Waals surface area (Å²) in [6.45, 7) is 1.88. The van der Waals surface area contributed by atoms with E-state index in [0.29, 0.717) is 16.9 Å². The molecule has 8 heteroatoms. The fourth-order valence-corrected chi connectivity index (χ4v) is 2.50. The maximum atomic E-state index is 12.6. The Morgan fingerprint density at radius 1 is 0.833 bits per heavy atom. The van der Waals surface area contributed by atoms with Gasteiger partial charge in [0.1, 0.15) is 11.4 Å². The molecule has 0 spiro atoms. The molecule has 30 heavy (non-hydrogen) atoms. The zero-order valence-corrected chi connectivity index (χ0v) is 16.1. The van der Waals surface area contributed by atoms with E-state index in [0.717, 1.165) is 0 Å². The normalized spacial score (nSPS) is 10.0. The van der Waals surface area contributed by atoms with Crippen LogP contribution in [-0.4, -0.2) is 29.6 Å². The lowest BCUT2D eigenvalue weighted by molar-refractivity contribution is 0.101. The summed E-state index contributed by atoms with van der Waals surface area (Å²) >= 11 is 0. The van der Waals surface area contributed by atoms with E-state index in [1.54, 1.807) is 49.4 Å². The molecule has 2 amide bonds. The Hall–Kier alpha value is -4.20.